The number of aromatic nitrogens is 16. The first-order chi connectivity index (χ1) is 71.8. The second-order valence-electron chi connectivity index (χ2n) is 33.9. The molecule has 0 aliphatic heterocycles. The Labute approximate surface area is 844 Å². The van der Waals surface area contributed by atoms with Crippen molar-refractivity contribution in [2.24, 2.45) is 33.9 Å². The van der Waals surface area contributed by atoms with Gasteiger partial charge in [-0.3, -0.25) is 70.1 Å². The summed E-state index contributed by atoms with van der Waals surface area (Å²) in [5.41, 5.74) is 12.8. The van der Waals surface area contributed by atoms with Crippen molar-refractivity contribution < 1.29 is 61.4 Å². The molecule has 0 bridgehead atoms. The van der Waals surface area contributed by atoms with Crippen molar-refractivity contribution in [3.63, 3.8) is 0 Å². The van der Waals surface area contributed by atoms with Crippen LogP contribution in [0.2, 0.25) is 0 Å². The van der Waals surface area contributed by atoms with E-state index in [9.17, 15) is 61.9 Å². The molecule has 19 aromatic rings. The molecule has 0 aliphatic carbocycles. The fourth-order valence-electron chi connectivity index (χ4n) is 15.9. The number of halogens is 1. The van der Waals surface area contributed by atoms with Crippen LogP contribution in [-0.4, -0.2) is 142 Å². The number of carbonyl (C=O) groups is 4. The van der Waals surface area contributed by atoms with Gasteiger partial charge in [-0.05, 0) is 202 Å². The molecule has 0 saturated heterocycles. The lowest BCUT2D eigenvalue weighted by atomic mass is 10.1. The van der Waals surface area contributed by atoms with Crippen LogP contribution in [0.15, 0.2) is 308 Å². The lowest BCUT2D eigenvalue weighted by Crippen LogP contribution is -2.39. The van der Waals surface area contributed by atoms with E-state index in [0.29, 0.717) is 99.8 Å². The number of H-pyrrole nitrogens is 1. The Morgan fingerprint density at radius 2 is 0.691 bits per heavy atom. The number of nitrogens with one attached hydrogen (secondary N) is 4. The SMILES string of the molecule is COc1ccc(CN)cc1.COc1ccc(CNC(=O)c2ccc3c(c2)c(=O)n(Cc2ccc(-c4nc(C)no4)cc2)c(=O)n3C)cc1.COc1ccc(CNC(=O)c2ccc3c(c2)c(=O)n(Cc2ccc(-c4nn[nH]n4)cc2)c(=O)n3C)cc1.COc1ccc(CNC(=O)c2ccc3c(c2)c(=O)n(Cc2ccc(-c4noc(C)n4)cc2)c(=O)n3C)cc1.COc1ccc(Cn2c(=O)c3cc(C(=O)O)ccc3n(C)c2=O)cc1F. The number of nitrogens with zero attached hydrogens (tertiary/aromatic N) is 15. The van der Waals surface area contributed by atoms with Crippen LogP contribution in [0.4, 0.5) is 4.39 Å². The number of ether oxygens (including phenoxy) is 5. The lowest BCUT2D eigenvalue weighted by Gasteiger charge is -2.12. The van der Waals surface area contributed by atoms with Gasteiger partial charge in [-0.2, -0.15) is 15.2 Å². The van der Waals surface area contributed by atoms with Crippen molar-refractivity contribution in [1.82, 2.24) is 93.4 Å². The molecule has 3 amide bonds. The number of methoxy groups -OCH3 is 5. The molecule has 12 aromatic carbocycles. The number of aryl methyl sites for hydroxylation is 6. The van der Waals surface area contributed by atoms with Crippen LogP contribution in [0.25, 0.3) is 77.8 Å². The number of carboxylic acid groups (broad SMARTS) is 1. The number of fused-ring (bicyclic) bond motifs is 4. The topological polar surface area (TPSA) is 505 Å². The largest absolute Gasteiger partial charge is 0.497 e. The molecular formula is C108H99FN20O20. The molecule has 7 heterocycles. The Morgan fingerprint density at radius 1 is 0.369 bits per heavy atom. The lowest BCUT2D eigenvalue weighted by molar-refractivity contribution is 0.0696. The van der Waals surface area contributed by atoms with Gasteiger partial charge in [0.2, 0.25) is 17.5 Å². The zero-order valence-corrected chi connectivity index (χ0v) is 82.4. The number of hydrogen-bond acceptors (Lipinski definition) is 27. The number of aromatic carboxylic acids is 1. The van der Waals surface area contributed by atoms with Crippen LogP contribution < -0.4 is 90.4 Å². The number of tetrazole rings is 1. The van der Waals surface area contributed by atoms with Gasteiger partial charge in [0.15, 0.2) is 17.4 Å². The minimum Gasteiger partial charge on any atom is -0.497 e. The molecular weight excluding hydrogens is 1920 g/mol. The van der Waals surface area contributed by atoms with E-state index in [2.05, 4.69) is 56.9 Å². The van der Waals surface area contributed by atoms with E-state index in [1.165, 1.54) is 81.0 Å². The van der Waals surface area contributed by atoms with Crippen LogP contribution in [0.1, 0.15) is 97.7 Å². The van der Waals surface area contributed by atoms with Gasteiger partial charge in [0.1, 0.15) is 23.0 Å². The molecule has 0 saturated carbocycles. The van der Waals surface area contributed by atoms with E-state index in [1.54, 1.807) is 179 Å². The fraction of sp³-hybridized carbons (Fsp3) is 0.176. The normalized spacial score (nSPS) is 10.9. The maximum absolute atomic E-state index is 13.9. The molecule has 19 rings (SSSR count). The quantitative estimate of drug-likeness (QED) is 0.0278. The predicted octanol–water partition coefficient (Wildman–Crippen LogP) is 10.7. The minimum absolute atomic E-state index is 0.0543. The number of carbonyl (C=O) groups excluding carboxylic acids is 3. The molecule has 40 nitrogen and oxygen atoms in total. The number of amides is 3. The number of benzene rings is 12. The fourth-order valence-corrected chi connectivity index (χ4v) is 15.9. The van der Waals surface area contributed by atoms with Crippen LogP contribution in [0.5, 0.6) is 28.7 Å². The number of carboxylic acids is 1. The Bertz CT molecular complexity index is 8430. The molecule has 0 fully saturated rings. The molecule has 7 N–H and O–H groups in total. The van der Waals surface area contributed by atoms with E-state index in [0.717, 1.165) is 96.9 Å². The van der Waals surface area contributed by atoms with Crippen molar-refractivity contribution in [2.45, 2.75) is 66.2 Å². The summed E-state index contributed by atoms with van der Waals surface area (Å²) in [6.45, 7) is 5.04. The highest BCUT2D eigenvalue weighted by atomic mass is 19.1. The second kappa shape index (κ2) is 46.7. The van der Waals surface area contributed by atoms with E-state index in [4.69, 9.17) is 43.6 Å². The Kier molecular flexibility index (Phi) is 32.6. The second-order valence-corrected chi connectivity index (χ2v) is 33.9. The molecule has 149 heavy (non-hydrogen) atoms. The maximum atomic E-state index is 13.9. The van der Waals surface area contributed by atoms with Gasteiger partial charge in [-0.25, -0.2) is 28.4 Å². The highest BCUT2D eigenvalue weighted by Gasteiger charge is 2.23. The summed E-state index contributed by atoms with van der Waals surface area (Å²) in [7, 11) is 14.0. The van der Waals surface area contributed by atoms with Crippen molar-refractivity contribution in [2.75, 3.05) is 35.5 Å². The average molecular weight is 2020 g/mol. The standard InChI is InChI=1S/2C28H25N5O5.C26H23N7O4.C18H15FN2O5.C8H11NO/c1-17-30-26(38-31-17)20-8-4-19(5-9-20)16-33-27(35)23-14-21(10-13-24(23)32(2)28(33)36)25(34)29-15-18-6-11-22(37-3)12-7-18;1-17-30-25(31-38-17)20-8-4-19(5-9-20)16-33-27(35)23-14-21(10-13-24(23)32(2)28(33)36)26(34)29-15-18-6-11-22(37-3)12-7-18;1-32-22-12-9-19(24(34)27-14-16-5-10-20(37-2)11-6-16)13-21(22)25(35)33(26(32)36)15-17-3-7-18(8-4-17)23-28-30-31-29-23;1-20-14-5-4-11(17(23)24)8-12(14)16(22)21(18(20)25)9-10-3-6-15(26-2)13(19)7-10;1-10-8-4-2-7(6-9)3-5-8/h2*4-14H,15-16H2,1-3H3,(H,29,34);3-13H,14-15H2,1-2H3,(H,27,34)(H,28,29,30,31);3-8H,9H2,1-2H3,(H,23,24);2-5H,6,9H2,1H3. The molecule has 7 aromatic heterocycles. The Balaban J connectivity index is 0.000000145. The zero-order chi connectivity index (χ0) is 106. The molecule has 41 heteroatoms. The molecule has 0 radical (unpaired) electrons. The first-order valence-electron chi connectivity index (χ1n) is 46.0. The third-order valence-corrected chi connectivity index (χ3v) is 24.3. The highest BCUT2D eigenvalue weighted by Crippen LogP contribution is 2.26. The summed E-state index contributed by atoms with van der Waals surface area (Å²) in [6, 6.07) is 73.8. The number of rotatable bonds is 27. The first-order valence-corrected chi connectivity index (χ1v) is 46.0. The van der Waals surface area contributed by atoms with Crippen LogP contribution >= 0.6 is 0 Å². The summed E-state index contributed by atoms with van der Waals surface area (Å²) in [5.74, 6) is 2.66. The Morgan fingerprint density at radius 3 is 0.993 bits per heavy atom. The molecule has 0 aliphatic rings. The third kappa shape index (κ3) is 24.2. The maximum Gasteiger partial charge on any atom is 0.335 e. The van der Waals surface area contributed by atoms with Gasteiger partial charge in [0.05, 0.1) is 111 Å². The van der Waals surface area contributed by atoms with Gasteiger partial charge in [-0.1, -0.05) is 126 Å². The summed E-state index contributed by atoms with van der Waals surface area (Å²) in [4.78, 5) is 162. The van der Waals surface area contributed by atoms with Crippen molar-refractivity contribution in [3.05, 3.63) is 428 Å². The van der Waals surface area contributed by atoms with Crippen LogP contribution in [0, 0.1) is 19.7 Å². The first kappa shape index (κ1) is 104. The number of nitrogens with two attached hydrogens (primary N) is 1. The smallest absolute Gasteiger partial charge is 0.335 e. The molecule has 0 unspecified atom stereocenters. The van der Waals surface area contributed by atoms with Crippen LogP contribution in [-0.2, 0) is 80.5 Å². The Hall–Kier alpha value is -19.5. The molecule has 0 atom stereocenters. The van der Waals surface area contributed by atoms with E-state index in [-0.39, 0.29) is 76.8 Å². The zero-order valence-electron chi connectivity index (χ0n) is 82.4. The summed E-state index contributed by atoms with van der Waals surface area (Å²) in [5, 5.41) is 40.2. The van der Waals surface area contributed by atoms with Crippen LogP contribution in [0.3, 0.4) is 0 Å². The van der Waals surface area contributed by atoms with Crippen molar-refractivity contribution in [1.29, 1.82) is 0 Å². The average Bonchev–Trinajstić information content (AvgIpc) is 1.45. The van der Waals surface area contributed by atoms with Gasteiger partial charge in [0, 0.05) is 94.7 Å². The monoisotopic (exact) mass is 2010 g/mol. The van der Waals surface area contributed by atoms with E-state index < -0.39 is 56.8 Å². The molecule has 758 valence electrons. The molecule has 0 spiro atoms. The third-order valence-electron chi connectivity index (χ3n) is 24.3. The van der Waals surface area contributed by atoms with Gasteiger partial charge in [-0.15, -0.1) is 10.2 Å². The van der Waals surface area contributed by atoms with Crippen molar-refractivity contribution in [3.8, 4) is 63.0 Å². The van der Waals surface area contributed by atoms with Gasteiger partial charge in [0.25, 0.3) is 45.8 Å². The summed E-state index contributed by atoms with van der Waals surface area (Å²) in [6.07, 6.45) is 0. The number of aromatic amines is 1. The predicted molar refractivity (Wildman–Crippen MR) is 552 cm³/mol. The van der Waals surface area contributed by atoms with E-state index in [1.807, 2.05) is 97.1 Å². The van der Waals surface area contributed by atoms with Crippen molar-refractivity contribution >= 4 is 67.3 Å². The summed E-state index contributed by atoms with van der Waals surface area (Å²) < 4.78 is 59.2. The minimum atomic E-state index is -1.18. The van der Waals surface area contributed by atoms with Gasteiger partial charge >= 0.3 is 28.7 Å². The van der Waals surface area contributed by atoms with E-state index >= 15 is 0 Å². The summed E-state index contributed by atoms with van der Waals surface area (Å²) >= 11 is 0. The van der Waals surface area contributed by atoms with Gasteiger partial charge < -0.3 is 59.5 Å². The highest BCUT2D eigenvalue weighted by molar-refractivity contribution is 6.00. The number of hydrogen-bond donors (Lipinski definition) is 6.